The Hall–Kier alpha value is -2.69. The standard InChI is InChI=1S/C21H24N2O3/c1-21(2,3)26-20(25)23-18-9-8-14-11-16(7-6-15(14)12-18)19(24)17-5-4-10-22-13-17/h4-7,10-11,13,18H,8-9,12H2,1-3H3,(H,23,25). The molecule has 1 aromatic carbocycles. The fourth-order valence-corrected chi connectivity index (χ4v) is 3.16. The number of carbonyl (C=O) groups excluding carboxylic acids is 2. The molecule has 1 heterocycles. The van der Waals surface area contributed by atoms with Gasteiger partial charge in [-0.05, 0) is 69.4 Å². The van der Waals surface area contributed by atoms with E-state index < -0.39 is 5.60 Å². The molecule has 1 aromatic heterocycles. The number of fused-ring (bicyclic) bond motifs is 1. The van der Waals surface area contributed by atoms with E-state index in [1.807, 2.05) is 39.0 Å². The molecule has 5 heteroatoms. The Morgan fingerprint density at radius 3 is 2.65 bits per heavy atom. The van der Waals surface area contributed by atoms with E-state index in [2.05, 4.69) is 10.3 Å². The van der Waals surface area contributed by atoms with Gasteiger partial charge >= 0.3 is 6.09 Å². The number of benzene rings is 1. The summed E-state index contributed by atoms with van der Waals surface area (Å²) in [5, 5.41) is 2.94. The van der Waals surface area contributed by atoms with Crippen LogP contribution in [0, 0.1) is 0 Å². The molecule has 26 heavy (non-hydrogen) atoms. The number of hydrogen-bond acceptors (Lipinski definition) is 4. The lowest BCUT2D eigenvalue weighted by Gasteiger charge is -2.27. The van der Waals surface area contributed by atoms with E-state index in [0.717, 1.165) is 19.3 Å². The van der Waals surface area contributed by atoms with Gasteiger partial charge in [-0.25, -0.2) is 4.79 Å². The average molecular weight is 352 g/mol. The fraction of sp³-hybridized carbons (Fsp3) is 0.381. The second kappa shape index (κ2) is 7.28. The first-order valence-electron chi connectivity index (χ1n) is 8.88. The van der Waals surface area contributed by atoms with E-state index >= 15 is 0 Å². The molecule has 0 fully saturated rings. The lowest BCUT2D eigenvalue weighted by atomic mass is 9.86. The normalized spacial score (nSPS) is 16.5. The first kappa shape index (κ1) is 18.1. The third kappa shape index (κ3) is 4.48. The Bertz CT molecular complexity index is 810. The molecule has 0 spiro atoms. The van der Waals surface area contributed by atoms with Gasteiger partial charge in [-0.1, -0.05) is 12.1 Å². The van der Waals surface area contributed by atoms with Crippen LogP contribution in [0.4, 0.5) is 4.79 Å². The van der Waals surface area contributed by atoms with E-state index in [1.54, 1.807) is 24.5 Å². The van der Waals surface area contributed by atoms with Gasteiger partial charge in [-0.3, -0.25) is 9.78 Å². The van der Waals surface area contributed by atoms with Crippen LogP contribution in [-0.2, 0) is 17.6 Å². The van der Waals surface area contributed by atoms with Crippen LogP contribution < -0.4 is 5.32 Å². The molecule has 1 unspecified atom stereocenters. The van der Waals surface area contributed by atoms with Crippen molar-refractivity contribution in [3.8, 4) is 0 Å². The van der Waals surface area contributed by atoms with Crippen LogP contribution in [0.3, 0.4) is 0 Å². The van der Waals surface area contributed by atoms with Crippen LogP contribution in [0.2, 0.25) is 0 Å². The predicted molar refractivity (Wildman–Crippen MR) is 99.3 cm³/mol. The quantitative estimate of drug-likeness (QED) is 0.856. The van der Waals surface area contributed by atoms with Crippen molar-refractivity contribution in [1.82, 2.24) is 10.3 Å². The molecule has 1 aliphatic rings. The van der Waals surface area contributed by atoms with Gasteiger partial charge in [-0.2, -0.15) is 0 Å². The molecule has 1 amide bonds. The summed E-state index contributed by atoms with van der Waals surface area (Å²) in [5.41, 5.74) is 3.10. The third-order valence-electron chi connectivity index (χ3n) is 4.34. The Balaban J connectivity index is 1.68. The molecule has 1 aliphatic carbocycles. The van der Waals surface area contributed by atoms with Crippen LogP contribution in [0.15, 0.2) is 42.7 Å². The summed E-state index contributed by atoms with van der Waals surface area (Å²) in [6, 6.07) is 9.39. The molecule has 2 aromatic rings. The number of nitrogens with zero attached hydrogens (tertiary/aromatic N) is 1. The number of ketones is 1. The number of carbonyl (C=O) groups is 2. The maximum Gasteiger partial charge on any atom is 0.407 e. The zero-order valence-electron chi connectivity index (χ0n) is 15.4. The number of hydrogen-bond donors (Lipinski definition) is 1. The minimum absolute atomic E-state index is 0.0186. The topological polar surface area (TPSA) is 68.3 Å². The number of amides is 1. The van der Waals surface area contributed by atoms with Crippen molar-refractivity contribution in [3.63, 3.8) is 0 Å². The van der Waals surface area contributed by atoms with Crippen LogP contribution in [0.1, 0.15) is 54.2 Å². The molecule has 5 nitrogen and oxygen atoms in total. The van der Waals surface area contributed by atoms with Crippen molar-refractivity contribution >= 4 is 11.9 Å². The average Bonchev–Trinajstić information content (AvgIpc) is 2.59. The van der Waals surface area contributed by atoms with Crippen LogP contribution in [0.5, 0.6) is 0 Å². The summed E-state index contributed by atoms with van der Waals surface area (Å²) in [6.07, 6.45) is 5.26. The zero-order chi connectivity index (χ0) is 18.7. The van der Waals surface area contributed by atoms with Gasteiger partial charge in [0.05, 0.1) is 0 Å². The van der Waals surface area contributed by atoms with Gasteiger partial charge in [0.1, 0.15) is 5.60 Å². The van der Waals surface area contributed by atoms with E-state index in [9.17, 15) is 9.59 Å². The van der Waals surface area contributed by atoms with Gasteiger partial charge in [0.15, 0.2) is 5.78 Å². The summed E-state index contributed by atoms with van der Waals surface area (Å²) in [7, 11) is 0. The van der Waals surface area contributed by atoms with Crippen molar-refractivity contribution in [2.45, 2.75) is 51.7 Å². The highest BCUT2D eigenvalue weighted by Gasteiger charge is 2.24. The first-order valence-corrected chi connectivity index (χ1v) is 8.88. The lowest BCUT2D eigenvalue weighted by Crippen LogP contribution is -2.41. The minimum Gasteiger partial charge on any atom is -0.444 e. The number of rotatable bonds is 3. The summed E-state index contributed by atoms with van der Waals surface area (Å²) < 4.78 is 5.33. The maximum absolute atomic E-state index is 12.6. The van der Waals surface area contributed by atoms with Crippen LogP contribution >= 0.6 is 0 Å². The Morgan fingerprint density at radius 1 is 1.15 bits per heavy atom. The Morgan fingerprint density at radius 2 is 1.96 bits per heavy atom. The highest BCUT2D eigenvalue weighted by molar-refractivity contribution is 6.08. The molecule has 0 bridgehead atoms. The van der Waals surface area contributed by atoms with Crippen molar-refractivity contribution in [3.05, 3.63) is 65.0 Å². The third-order valence-corrected chi connectivity index (χ3v) is 4.34. The molecular formula is C21H24N2O3. The Labute approximate surface area is 153 Å². The lowest BCUT2D eigenvalue weighted by molar-refractivity contribution is 0.0500. The molecule has 0 saturated heterocycles. The van der Waals surface area contributed by atoms with E-state index in [1.165, 1.54) is 11.1 Å². The zero-order valence-corrected chi connectivity index (χ0v) is 15.4. The number of nitrogens with one attached hydrogen (secondary N) is 1. The van der Waals surface area contributed by atoms with Gasteiger partial charge in [0.25, 0.3) is 0 Å². The number of ether oxygens (including phenoxy) is 1. The molecular weight excluding hydrogens is 328 g/mol. The fourth-order valence-electron chi connectivity index (χ4n) is 3.16. The monoisotopic (exact) mass is 352 g/mol. The van der Waals surface area contributed by atoms with Crippen LogP contribution in [0.25, 0.3) is 0 Å². The number of aromatic nitrogens is 1. The van der Waals surface area contributed by atoms with Crippen LogP contribution in [-0.4, -0.2) is 28.5 Å². The smallest absolute Gasteiger partial charge is 0.407 e. The van der Waals surface area contributed by atoms with Gasteiger partial charge in [0.2, 0.25) is 0 Å². The van der Waals surface area contributed by atoms with Crippen molar-refractivity contribution in [2.75, 3.05) is 0 Å². The van der Waals surface area contributed by atoms with Gasteiger partial charge < -0.3 is 10.1 Å². The molecule has 0 saturated carbocycles. The molecule has 0 aliphatic heterocycles. The summed E-state index contributed by atoms with van der Waals surface area (Å²) in [4.78, 5) is 28.5. The molecule has 1 N–H and O–H groups in total. The van der Waals surface area contributed by atoms with Crippen molar-refractivity contribution < 1.29 is 14.3 Å². The second-order valence-corrected chi connectivity index (χ2v) is 7.64. The predicted octanol–water partition coefficient (Wildman–Crippen LogP) is 3.69. The minimum atomic E-state index is -0.502. The summed E-state index contributed by atoms with van der Waals surface area (Å²) in [6.45, 7) is 5.55. The second-order valence-electron chi connectivity index (χ2n) is 7.64. The number of aryl methyl sites for hydroxylation is 1. The molecule has 0 radical (unpaired) electrons. The van der Waals surface area contributed by atoms with E-state index in [0.29, 0.717) is 11.1 Å². The van der Waals surface area contributed by atoms with Crippen molar-refractivity contribution in [1.29, 1.82) is 0 Å². The van der Waals surface area contributed by atoms with Crippen molar-refractivity contribution in [2.24, 2.45) is 0 Å². The first-order chi connectivity index (χ1) is 12.3. The van der Waals surface area contributed by atoms with E-state index in [4.69, 9.17) is 4.74 Å². The summed E-state index contributed by atoms with van der Waals surface area (Å²) in [5.74, 6) is -0.0186. The van der Waals surface area contributed by atoms with Gasteiger partial charge in [-0.15, -0.1) is 0 Å². The maximum atomic E-state index is 12.6. The molecule has 3 rings (SSSR count). The van der Waals surface area contributed by atoms with E-state index in [-0.39, 0.29) is 17.9 Å². The Kier molecular flexibility index (Phi) is 5.07. The highest BCUT2D eigenvalue weighted by atomic mass is 16.6. The highest BCUT2D eigenvalue weighted by Crippen LogP contribution is 2.24. The summed E-state index contributed by atoms with van der Waals surface area (Å²) >= 11 is 0. The molecule has 136 valence electrons. The molecule has 1 atom stereocenters. The largest absolute Gasteiger partial charge is 0.444 e. The SMILES string of the molecule is CC(C)(C)OC(=O)NC1CCc2cc(C(=O)c3cccnc3)ccc2C1. The number of pyridine rings is 1. The number of alkyl carbamates (subject to hydrolysis) is 1. The van der Waals surface area contributed by atoms with Gasteiger partial charge in [0, 0.05) is 29.6 Å².